The Kier molecular flexibility index (Phi) is 3.76. The number of ether oxygens (including phenoxy) is 1. The molecule has 0 amide bonds. The number of methoxy groups -OCH3 is 1. The molecule has 2 aliphatic carbocycles. The van der Waals surface area contributed by atoms with E-state index >= 15 is 0 Å². The van der Waals surface area contributed by atoms with E-state index < -0.39 is 0 Å². The van der Waals surface area contributed by atoms with Gasteiger partial charge in [-0.3, -0.25) is 11.3 Å². The smallest absolute Gasteiger partial charge is 0.119 e. The van der Waals surface area contributed by atoms with Crippen molar-refractivity contribution in [2.24, 2.45) is 23.6 Å². The van der Waals surface area contributed by atoms with Crippen LogP contribution in [0.4, 0.5) is 0 Å². The summed E-state index contributed by atoms with van der Waals surface area (Å²) in [5, 5.41) is 0. The van der Waals surface area contributed by atoms with Crippen molar-refractivity contribution in [3.05, 3.63) is 29.8 Å². The lowest BCUT2D eigenvalue weighted by molar-refractivity contribution is 0.248. The van der Waals surface area contributed by atoms with Crippen LogP contribution in [0.3, 0.4) is 0 Å². The highest BCUT2D eigenvalue weighted by Gasteiger charge is 2.42. The molecular formula is C16H24N2O. The first kappa shape index (κ1) is 12.9. The fourth-order valence-electron chi connectivity index (χ4n) is 4.17. The molecule has 0 aliphatic heterocycles. The van der Waals surface area contributed by atoms with Crippen LogP contribution < -0.4 is 16.0 Å². The fourth-order valence-corrected chi connectivity index (χ4v) is 4.17. The molecule has 0 spiro atoms. The maximum Gasteiger partial charge on any atom is 0.119 e. The van der Waals surface area contributed by atoms with E-state index in [1.54, 1.807) is 7.11 Å². The van der Waals surface area contributed by atoms with Crippen LogP contribution >= 0.6 is 0 Å². The second-order valence-corrected chi connectivity index (χ2v) is 6.17. The normalized spacial score (nSPS) is 30.5. The standard InChI is InChI=1S/C16H24N2O/c1-19-14-4-2-3-11(8-14)10-16(18-17)15-9-12-5-6-13(15)7-12/h2-4,8,12-13,15-16,18H,5-7,9-10,17H2,1H3. The van der Waals surface area contributed by atoms with Gasteiger partial charge in [-0.05, 0) is 61.1 Å². The fraction of sp³-hybridized carbons (Fsp3) is 0.625. The molecule has 104 valence electrons. The summed E-state index contributed by atoms with van der Waals surface area (Å²) in [7, 11) is 1.72. The highest BCUT2D eigenvalue weighted by Crippen LogP contribution is 2.49. The summed E-state index contributed by atoms with van der Waals surface area (Å²) in [4.78, 5) is 0. The Balaban J connectivity index is 1.69. The van der Waals surface area contributed by atoms with Crippen LogP contribution in [0.25, 0.3) is 0 Å². The van der Waals surface area contributed by atoms with Gasteiger partial charge in [0.2, 0.25) is 0 Å². The average Bonchev–Trinajstić information content (AvgIpc) is 3.07. The van der Waals surface area contributed by atoms with E-state index in [2.05, 4.69) is 23.6 Å². The first-order valence-corrected chi connectivity index (χ1v) is 7.39. The molecule has 3 nitrogen and oxygen atoms in total. The molecule has 0 aromatic heterocycles. The molecule has 19 heavy (non-hydrogen) atoms. The van der Waals surface area contributed by atoms with Crippen molar-refractivity contribution in [1.82, 2.24) is 5.43 Å². The zero-order valence-corrected chi connectivity index (χ0v) is 11.6. The van der Waals surface area contributed by atoms with Crippen molar-refractivity contribution < 1.29 is 4.74 Å². The number of hydrazine groups is 1. The third-order valence-corrected chi connectivity index (χ3v) is 5.11. The van der Waals surface area contributed by atoms with Crippen LogP contribution in [0.15, 0.2) is 24.3 Å². The van der Waals surface area contributed by atoms with Crippen LogP contribution in [0.2, 0.25) is 0 Å². The maximum atomic E-state index is 5.82. The monoisotopic (exact) mass is 260 g/mol. The van der Waals surface area contributed by atoms with Crippen molar-refractivity contribution in [1.29, 1.82) is 0 Å². The van der Waals surface area contributed by atoms with Crippen LogP contribution in [0, 0.1) is 17.8 Å². The maximum absolute atomic E-state index is 5.82. The molecule has 2 bridgehead atoms. The van der Waals surface area contributed by atoms with E-state index in [9.17, 15) is 0 Å². The Hall–Kier alpha value is -1.06. The molecule has 2 saturated carbocycles. The predicted octanol–water partition coefficient (Wildman–Crippen LogP) is 2.51. The Bertz CT molecular complexity index is 435. The number of hydrogen-bond acceptors (Lipinski definition) is 3. The first-order valence-electron chi connectivity index (χ1n) is 7.39. The number of nitrogens with one attached hydrogen (secondary N) is 1. The van der Waals surface area contributed by atoms with Gasteiger partial charge in [0.1, 0.15) is 5.75 Å². The van der Waals surface area contributed by atoms with E-state index in [0.29, 0.717) is 6.04 Å². The van der Waals surface area contributed by atoms with Gasteiger partial charge in [-0.15, -0.1) is 0 Å². The summed E-state index contributed by atoms with van der Waals surface area (Å²) in [5.74, 6) is 9.38. The van der Waals surface area contributed by atoms with E-state index in [0.717, 1.165) is 29.9 Å². The largest absolute Gasteiger partial charge is 0.497 e. The van der Waals surface area contributed by atoms with Gasteiger partial charge in [-0.25, -0.2) is 0 Å². The van der Waals surface area contributed by atoms with Gasteiger partial charge >= 0.3 is 0 Å². The molecule has 2 aliphatic rings. The lowest BCUT2D eigenvalue weighted by Gasteiger charge is -2.30. The lowest BCUT2D eigenvalue weighted by atomic mass is 9.81. The quantitative estimate of drug-likeness (QED) is 0.631. The molecule has 0 radical (unpaired) electrons. The highest BCUT2D eigenvalue weighted by atomic mass is 16.5. The van der Waals surface area contributed by atoms with E-state index in [1.807, 2.05) is 6.07 Å². The van der Waals surface area contributed by atoms with Gasteiger partial charge in [-0.1, -0.05) is 18.6 Å². The second-order valence-electron chi connectivity index (χ2n) is 6.17. The summed E-state index contributed by atoms with van der Waals surface area (Å²) in [6.45, 7) is 0. The molecule has 3 N–H and O–H groups in total. The van der Waals surface area contributed by atoms with Crippen molar-refractivity contribution in [3.8, 4) is 5.75 Å². The number of hydrogen-bond donors (Lipinski definition) is 2. The van der Waals surface area contributed by atoms with Crippen LogP contribution in [-0.4, -0.2) is 13.2 Å². The van der Waals surface area contributed by atoms with Crippen molar-refractivity contribution in [2.45, 2.75) is 38.1 Å². The van der Waals surface area contributed by atoms with Gasteiger partial charge < -0.3 is 4.74 Å². The lowest BCUT2D eigenvalue weighted by Crippen LogP contribution is -2.44. The van der Waals surface area contributed by atoms with Gasteiger partial charge in [0, 0.05) is 6.04 Å². The third kappa shape index (κ3) is 2.63. The predicted molar refractivity (Wildman–Crippen MR) is 76.7 cm³/mol. The van der Waals surface area contributed by atoms with Crippen molar-refractivity contribution >= 4 is 0 Å². The molecule has 4 atom stereocenters. The topological polar surface area (TPSA) is 47.3 Å². The summed E-state index contributed by atoms with van der Waals surface area (Å²) in [5.41, 5.74) is 4.38. The van der Waals surface area contributed by atoms with Crippen molar-refractivity contribution in [2.75, 3.05) is 7.11 Å². The minimum atomic E-state index is 0.405. The minimum Gasteiger partial charge on any atom is -0.497 e. The molecule has 4 unspecified atom stereocenters. The van der Waals surface area contributed by atoms with Gasteiger partial charge in [0.25, 0.3) is 0 Å². The van der Waals surface area contributed by atoms with Crippen LogP contribution in [0.1, 0.15) is 31.2 Å². The molecule has 3 heteroatoms. The van der Waals surface area contributed by atoms with Crippen LogP contribution in [-0.2, 0) is 6.42 Å². The Labute approximate surface area is 115 Å². The third-order valence-electron chi connectivity index (χ3n) is 5.11. The molecule has 3 rings (SSSR count). The Morgan fingerprint density at radius 3 is 2.89 bits per heavy atom. The van der Waals surface area contributed by atoms with E-state index in [1.165, 1.54) is 31.2 Å². The molecule has 0 saturated heterocycles. The summed E-state index contributed by atoms with van der Waals surface area (Å²) in [6, 6.07) is 8.74. The molecule has 0 heterocycles. The van der Waals surface area contributed by atoms with E-state index in [-0.39, 0.29) is 0 Å². The number of nitrogens with two attached hydrogens (primary N) is 1. The van der Waals surface area contributed by atoms with Gasteiger partial charge in [-0.2, -0.15) is 0 Å². The average molecular weight is 260 g/mol. The molecule has 1 aromatic rings. The summed E-state index contributed by atoms with van der Waals surface area (Å²) in [6.07, 6.45) is 6.65. The zero-order valence-electron chi connectivity index (χ0n) is 11.6. The van der Waals surface area contributed by atoms with E-state index in [4.69, 9.17) is 10.6 Å². The SMILES string of the molecule is COc1cccc(CC(NN)C2CC3CCC2C3)c1. The number of fused-ring (bicyclic) bond motifs is 2. The molecule has 2 fully saturated rings. The first-order chi connectivity index (χ1) is 9.30. The highest BCUT2D eigenvalue weighted by molar-refractivity contribution is 5.29. The Morgan fingerprint density at radius 1 is 1.37 bits per heavy atom. The Morgan fingerprint density at radius 2 is 2.26 bits per heavy atom. The van der Waals surface area contributed by atoms with Gasteiger partial charge in [0.15, 0.2) is 0 Å². The zero-order chi connectivity index (χ0) is 13.2. The second kappa shape index (κ2) is 5.51. The number of benzene rings is 1. The summed E-state index contributed by atoms with van der Waals surface area (Å²) >= 11 is 0. The minimum absolute atomic E-state index is 0.405. The van der Waals surface area contributed by atoms with Crippen LogP contribution in [0.5, 0.6) is 5.75 Å². The molecule has 1 aromatic carbocycles. The van der Waals surface area contributed by atoms with Gasteiger partial charge in [0.05, 0.1) is 7.11 Å². The van der Waals surface area contributed by atoms with Crippen molar-refractivity contribution in [3.63, 3.8) is 0 Å². The molecular weight excluding hydrogens is 236 g/mol. The summed E-state index contributed by atoms with van der Waals surface area (Å²) < 4.78 is 5.29. The number of rotatable bonds is 5.